The number of hydrogen-bond acceptors (Lipinski definition) is 5. The molecule has 1 aliphatic heterocycles. The lowest BCUT2D eigenvalue weighted by Gasteiger charge is -2.21. The summed E-state index contributed by atoms with van der Waals surface area (Å²) in [5.41, 5.74) is 3.58. The predicted octanol–water partition coefficient (Wildman–Crippen LogP) is 2.07. The second kappa shape index (κ2) is 10.7. The van der Waals surface area contributed by atoms with Gasteiger partial charge in [0.15, 0.2) is 5.69 Å². The molecule has 9 heteroatoms. The smallest absolute Gasteiger partial charge is 0.272 e. The van der Waals surface area contributed by atoms with Crippen molar-refractivity contribution in [3.63, 3.8) is 0 Å². The predicted molar refractivity (Wildman–Crippen MR) is 126 cm³/mol. The average molecular weight is 461 g/mol. The quantitative estimate of drug-likeness (QED) is 0.535. The summed E-state index contributed by atoms with van der Waals surface area (Å²) in [5, 5.41) is 9.82. The molecule has 34 heavy (non-hydrogen) atoms. The lowest BCUT2D eigenvalue weighted by atomic mass is 10.1. The van der Waals surface area contributed by atoms with Gasteiger partial charge in [0.2, 0.25) is 5.91 Å². The topological polar surface area (TPSA) is 109 Å². The van der Waals surface area contributed by atoms with Gasteiger partial charge in [-0.2, -0.15) is 5.10 Å². The van der Waals surface area contributed by atoms with Crippen molar-refractivity contribution < 1.29 is 14.4 Å². The minimum Gasteiger partial charge on any atom is -0.350 e. The van der Waals surface area contributed by atoms with Gasteiger partial charge < -0.3 is 15.5 Å². The largest absolute Gasteiger partial charge is 0.350 e. The number of nitrogens with one attached hydrogen (secondary N) is 2. The summed E-state index contributed by atoms with van der Waals surface area (Å²) in [5.74, 6) is -0.730. The van der Waals surface area contributed by atoms with Crippen molar-refractivity contribution in [1.29, 1.82) is 0 Å². The zero-order chi connectivity index (χ0) is 23.9. The first-order valence-electron chi connectivity index (χ1n) is 11.4. The molecule has 2 N–H and O–H groups in total. The van der Waals surface area contributed by atoms with Crippen LogP contribution in [0.2, 0.25) is 0 Å². The van der Waals surface area contributed by atoms with Crippen LogP contribution in [0.5, 0.6) is 0 Å². The highest BCUT2D eigenvalue weighted by Crippen LogP contribution is 2.18. The molecule has 9 nitrogen and oxygen atoms in total. The van der Waals surface area contributed by atoms with Gasteiger partial charge in [0, 0.05) is 44.9 Å². The number of carbonyl (C=O) groups is 3. The van der Waals surface area contributed by atoms with Crippen LogP contribution in [-0.4, -0.2) is 50.5 Å². The maximum absolute atomic E-state index is 13.2. The van der Waals surface area contributed by atoms with Crippen molar-refractivity contribution >= 4 is 17.7 Å². The minimum atomic E-state index is -0.406. The summed E-state index contributed by atoms with van der Waals surface area (Å²) >= 11 is 0. The molecule has 0 fully saturated rings. The van der Waals surface area contributed by atoms with Gasteiger partial charge in [-0.15, -0.1) is 0 Å². The summed E-state index contributed by atoms with van der Waals surface area (Å²) in [4.78, 5) is 43.7. The van der Waals surface area contributed by atoms with Crippen molar-refractivity contribution in [3.8, 4) is 0 Å². The molecule has 0 aliphatic carbocycles. The summed E-state index contributed by atoms with van der Waals surface area (Å²) in [7, 11) is 0. The Hall–Kier alpha value is -4.01. The molecule has 0 saturated heterocycles. The first-order valence-corrected chi connectivity index (χ1v) is 11.4. The highest BCUT2D eigenvalue weighted by atomic mass is 16.2. The molecule has 0 bridgehead atoms. The summed E-state index contributed by atoms with van der Waals surface area (Å²) < 4.78 is 1.61. The molecule has 0 radical (unpaired) electrons. The Morgan fingerprint density at radius 2 is 1.88 bits per heavy atom. The van der Waals surface area contributed by atoms with E-state index in [-0.39, 0.29) is 30.5 Å². The van der Waals surface area contributed by atoms with Crippen LogP contribution in [0.15, 0.2) is 54.7 Å². The Balaban J connectivity index is 1.31. The third-order valence-electron chi connectivity index (χ3n) is 5.77. The standard InChI is InChI=1S/C25H28N6O3/c1-18-7-2-3-8-19(18)17-30-13-6-14-31-22(25(30)34)15-21(29-31)24(33)27-12-10-23(32)28-16-20-9-4-5-11-26-20/h2-5,7-9,11,15H,6,10,12-14,16-17H2,1H3,(H,27,33)(H,28,32). The number of fused-ring (bicyclic) bond motifs is 1. The van der Waals surface area contributed by atoms with Crippen molar-refractivity contribution in [2.24, 2.45) is 0 Å². The van der Waals surface area contributed by atoms with Crippen molar-refractivity contribution in [1.82, 2.24) is 30.3 Å². The van der Waals surface area contributed by atoms with Crippen molar-refractivity contribution in [2.75, 3.05) is 13.1 Å². The molecule has 1 aliphatic rings. The lowest BCUT2D eigenvalue weighted by molar-refractivity contribution is -0.121. The number of hydrogen-bond donors (Lipinski definition) is 2. The fourth-order valence-electron chi connectivity index (χ4n) is 3.85. The number of nitrogens with zero attached hydrogens (tertiary/aromatic N) is 4. The van der Waals surface area contributed by atoms with Gasteiger partial charge in [-0.05, 0) is 36.6 Å². The van der Waals surface area contributed by atoms with E-state index in [1.807, 2.05) is 49.4 Å². The molecule has 3 aromatic rings. The second-order valence-corrected chi connectivity index (χ2v) is 8.25. The van der Waals surface area contributed by atoms with E-state index in [1.54, 1.807) is 15.8 Å². The molecule has 1 aromatic carbocycles. The van der Waals surface area contributed by atoms with E-state index in [0.717, 1.165) is 23.2 Å². The molecular formula is C25H28N6O3. The third-order valence-corrected chi connectivity index (χ3v) is 5.77. The van der Waals surface area contributed by atoms with Crippen LogP contribution in [0.4, 0.5) is 0 Å². The number of amides is 3. The Labute approximate surface area is 198 Å². The molecule has 4 rings (SSSR count). The maximum atomic E-state index is 13.2. The minimum absolute atomic E-state index is 0.134. The molecule has 3 heterocycles. The van der Waals surface area contributed by atoms with E-state index in [2.05, 4.69) is 20.7 Å². The van der Waals surface area contributed by atoms with Gasteiger partial charge in [0.05, 0.1) is 12.2 Å². The molecule has 0 atom stereocenters. The van der Waals surface area contributed by atoms with E-state index in [1.165, 1.54) is 6.07 Å². The monoisotopic (exact) mass is 460 g/mol. The maximum Gasteiger partial charge on any atom is 0.272 e. The zero-order valence-electron chi connectivity index (χ0n) is 19.2. The lowest BCUT2D eigenvalue weighted by Crippen LogP contribution is -2.31. The summed E-state index contributed by atoms with van der Waals surface area (Å²) in [6, 6.07) is 15.0. The van der Waals surface area contributed by atoms with Gasteiger partial charge in [-0.25, -0.2) is 0 Å². The zero-order valence-corrected chi connectivity index (χ0v) is 19.2. The number of aromatic nitrogens is 3. The summed E-state index contributed by atoms with van der Waals surface area (Å²) in [6.07, 6.45) is 2.56. The van der Waals surface area contributed by atoms with Crippen LogP contribution >= 0.6 is 0 Å². The SMILES string of the molecule is Cc1ccccc1CN1CCCn2nc(C(=O)NCCC(=O)NCc3ccccn3)cc2C1=O. The number of carbonyl (C=O) groups excluding carboxylic acids is 3. The first kappa shape index (κ1) is 23.2. The fourth-order valence-corrected chi connectivity index (χ4v) is 3.85. The number of pyridine rings is 1. The average Bonchev–Trinajstić information content (AvgIpc) is 3.22. The van der Waals surface area contributed by atoms with Crippen LogP contribution < -0.4 is 10.6 Å². The molecule has 0 spiro atoms. The molecule has 3 amide bonds. The Morgan fingerprint density at radius 3 is 2.68 bits per heavy atom. The Bertz CT molecular complexity index is 1170. The Kier molecular flexibility index (Phi) is 7.31. The van der Waals surface area contributed by atoms with Crippen LogP contribution in [0.25, 0.3) is 0 Å². The van der Waals surface area contributed by atoms with Gasteiger partial charge in [0.25, 0.3) is 11.8 Å². The second-order valence-electron chi connectivity index (χ2n) is 8.25. The highest BCUT2D eigenvalue weighted by molar-refractivity contribution is 5.98. The van der Waals surface area contributed by atoms with Crippen molar-refractivity contribution in [2.45, 2.75) is 39.4 Å². The van der Waals surface area contributed by atoms with Crippen LogP contribution in [0.1, 0.15) is 50.6 Å². The van der Waals surface area contributed by atoms with E-state index in [9.17, 15) is 14.4 Å². The normalized spacial score (nSPS) is 13.2. The van der Waals surface area contributed by atoms with Gasteiger partial charge in [-0.1, -0.05) is 30.3 Å². The number of benzene rings is 1. The van der Waals surface area contributed by atoms with Gasteiger partial charge >= 0.3 is 0 Å². The van der Waals surface area contributed by atoms with E-state index >= 15 is 0 Å². The van der Waals surface area contributed by atoms with E-state index < -0.39 is 5.91 Å². The van der Waals surface area contributed by atoms with E-state index in [0.29, 0.717) is 31.9 Å². The third kappa shape index (κ3) is 5.67. The number of rotatable bonds is 8. The molecule has 2 aromatic heterocycles. The fraction of sp³-hybridized carbons (Fsp3) is 0.320. The number of aryl methyl sites for hydroxylation is 2. The first-order chi connectivity index (χ1) is 16.5. The summed E-state index contributed by atoms with van der Waals surface area (Å²) in [6.45, 7) is 4.25. The van der Waals surface area contributed by atoms with Crippen LogP contribution in [0.3, 0.4) is 0 Å². The van der Waals surface area contributed by atoms with Crippen molar-refractivity contribution in [3.05, 3.63) is 82.9 Å². The van der Waals surface area contributed by atoms with Gasteiger partial charge in [0.1, 0.15) is 5.69 Å². The molecule has 0 unspecified atom stereocenters. The Morgan fingerprint density at radius 1 is 1.06 bits per heavy atom. The highest BCUT2D eigenvalue weighted by Gasteiger charge is 2.26. The molecule has 0 saturated carbocycles. The molecule has 176 valence electrons. The van der Waals surface area contributed by atoms with Crippen LogP contribution in [-0.2, 0) is 24.4 Å². The van der Waals surface area contributed by atoms with Gasteiger partial charge in [-0.3, -0.25) is 24.0 Å². The molecular weight excluding hydrogens is 432 g/mol. The van der Waals surface area contributed by atoms with E-state index in [4.69, 9.17) is 0 Å². The van der Waals surface area contributed by atoms with Crippen LogP contribution in [0, 0.1) is 6.92 Å².